The molecule has 8 heteroatoms. The zero-order valence-corrected chi connectivity index (χ0v) is 14.8. The van der Waals surface area contributed by atoms with Gasteiger partial charge < -0.3 is 4.90 Å². The van der Waals surface area contributed by atoms with Gasteiger partial charge in [-0.15, -0.1) is 0 Å². The minimum Gasteiger partial charge on any atom is -0.303 e. The van der Waals surface area contributed by atoms with Gasteiger partial charge in [0.05, 0.1) is 10.7 Å². The predicted molar refractivity (Wildman–Crippen MR) is 93.2 cm³/mol. The summed E-state index contributed by atoms with van der Waals surface area (Å²) in [5, 5.41) is 10.7. The Morgan fingerprint density at radius 2 is 2.04 bits per heavy atom. The van der Waals surface area contributed by atoms with Crippen molar-refractivity contribution in [1.29, 1.82) is 0 Å². The normalized spacial score (nSPS) is 17.0. The fourth-order valence-corrected chi connectivity index (χ4v) is 4.02. The summed E-state index contributed by atoms with van der Waals surface area (Å²) in [6.07, 6.45) is 3.18. The van der Waals surface area contributed by atoms with E-state index in [4.69, 9.17) is 0 Å². The number of hydrogen-bond donors (Lipinski definition) is 1. The van der Waals surface area contributed by atoms with Gasteiger partial charge in [0.25, 0.3) is 5.69 Å². The minimum atomic E-state index is -3.48. The van der Waals surface area contributed by atoms with Gasteiger partial charge in [0.1, 0.15) is 0 Å². The maximum Gasteiger partial charge on any atom is 0.269 e. The highest BCUT2D eigenvalue weighted by Crippen LogP contribution is 2.16. The van der Waals surface area contributed by atoms with Crippen molar-refractivity contribution in [2.75, 3.05) is 26.2 Å². The molecule has 7 nitrogen and oxygen atoms in total. The molecule has 1 saturated heterocycles. The van der Waals surface area contributed by atoms with E-state index < -0.39 is 14.9 Å². The van der Waals surface area contributed by atoms with Crippen LogP contribution < -0.4 is 4.72 Å². The molecule has 0 atom stereocenters. The van der Waals surface area contributed by atoms with Gasteiger partial charge in [-0.3, -0.25) is 10.1 Å². The molecule has 0 aromatic heterocycles. The Hall–Kier alpha value is -1.51. The van der Waals surface area contributed by atoms with Gasteiger partial charge in [-0.2, -0.15) is 0 Å². The van der Waals surface area contributed by atoms with E-state index in [1.165, 1.54) is 31.0 Å². The van der Waals surface area contributed by atoms with Gasteiger partial charge in [-0.1, -0.05) is 19.1 Å². The lowest BCUT2D eigenvalue weighted by molar-refractivity contribution is -0.384. The van der Waals surface area contributed by atoms with E-state index in [0.717, 1.165) is 32.0 Å². The number of sulfonamides is 1. The smallest absolute Gasteiger partial charge is 0.269 e. The van der Waals surface area contributed by atoms with Gasteiger partial charge in [-0.25, -0.2) is 13.1 Å². The van der Waals surface area contributed by atoms with Crippen LogP contribution in [0.2, 0.25) is 0 Å². The lowest BCUT2D eigenvalue weighted by atomic mass is 9.99. The highest BCUT2D eigenvalue weighted by molar-refractivity contribution is 7.88. The molecule has 0 amide bonds. The molecule has 0 bridgehead atoms. The van der Waals surface area contributed by atoms with E-state index in [-0.39, 0.29) is 11.4 Å². The van der Waals surface area contributed by atoms with Crippen LogP contribution in [0.3, 0.4) is 0 Å². The quantitative estimate of drug-likeness (QED) is 0.438. The molecule has 0 saturated carbocycles. The Bertz CT molecular complexity index is 655. The first-order chi connectivity index (χ1) is 11.4. The number of rotatable bonds is 8. The van der Waals surface area contributed by atoms with Crippen LogP contribution in [-0.4, -0.2) is 44.4 Å². The highest BCUT2D eigenvalue weighted by Gasteiger charge is 2.16. The van der Waals surface area contributed by atoms with E-state index in [2.05, 4.69) is 16.5 Å². The SMILES string of the molecule is CC1CCN(CCCNS(=O)(=O)Cc2cccc([N+](=O)[O-])c2)CC1. The number of non-ortho nitro benzene ring substituents is 1. The van der Waals surface area contributed by atoms with Crippen molar-refractivity contribution < 1.29 is 13.3 Å². The molecule has 1 fully saturated rings. The number of hydrogen-bond acceptors (Lipinski definition) is 5. The van der Waals surface area contributed by atoms with E-state index >= 15 is 0 Å². The van der Waals surface area contributed by atoms with Crippen LogP contribution in [0.25, 0.3) is 0 Å². The van der Waals surface area contributed by atoms with Gasteiger partial charge in [-0.05, 0) is 50.4 Å². The van der Waals surface area contributed by atoms with Crippen molar-refractivity contribution in [3.05, 3.63) is 39.9 Å². The van der Waals surface area contributed by atoms with Crippen molar-refractivity contribution in [3.8, 4) is 0 Å². The molecule has 1 aliphatic heterocycles. The molecule has 24 heavy (non-hydrogen) atoms. The van der Waals surface area contributed by atoms with Crippen molar-refractivity contribution in [2.45, 2.75) is 31.9 Å². The number of nitro groups is 1. The molecular weight excluding hydrogens is 330 g/mol. The molecular formula is C16H25N3O4S. The third-order valence-electron chi connectivity index (χ3n) is 4.33. The van der Waals surface area contributed by atoms with Crippen LogP contribution in [0.5, 0.6) is 0 Å². The van der Waals surface area contributed by atoms with Crippen LogP contribution in [0.15, 0.2) is 24.3 Å². The first-order valence-corrected chi connectivity index (χ1v) is 9.94. The average molecular weight is 355 g/mol. The Balaban J connectivity index is 1.75. The zero-order valence-electron chi connectivity index (χ0n) is 14.0. The molecule has 0 aliphatic carbocycles. The summed E-state index contributed by atoms with van der Waals surface area (Å²) in [5.41, 5.74) is 0.323. The fourth-order valence-electron chi connectivity index (χ4n) is 2.85. The van der Waals surface area contributed by atoms with Crippen molar-refractivity contribution in [1.82, 2.24) is 9.62 Å². The third kappa shape index (κ3) is 6.18. The molecule has 1 aromatic carbocycles. The van der Waals surface area contributed by atoms with Crippen LogP contribution in [0.4, 0.5) is 5.69 Å². The van der Waals surface area contributed by atoms with Gasteiger partial charge >= 0.3 is 0 Å². The Kier molecular flexibility index (Phi) is 6.70. The van der Waals surface area contributed by atoms with Gasteiger partial charge in [0, 0.05) is 18.7 Å². The predicted octanol–water partition coefficient (Wildman–Crippen LogP) is 2.14. The lowest BCUT2D eigenvalue weighted by Gasteiger charge is -2.30. The minimum absolute atomic E-state index is 0.0953. The van der Waals surface area contributed by atoms with E-state index in [1.54, 1.807) is 6.07 Å². The summed E-state index contributed by atoms with van der Waals surface area (Å²) in [6, 6.07) is 5.73. The lowest BCUT2D eigenvalue weighted by Crippen LogP contribution is -2.35. The second kappa shape index (κ2) is 8.55. The van der Waals surface area contributed by atoms with E-state index in [9.17, 15) is 18.5 Å². The fraction of sp³-hybridized carbons (Fsp3) is 0.625. The molecule has 1 aromatic rings. The number of piperidine rings is 1. The number of nitro benzene ring substituents is 1. The second-order valence-electron chi connectivity index (χ2n) is 6.46. The van der Waals surface area contributed by atoms with Gasteiger partial charge in [0.2, 0.25) is 10.0 Å². The maximum absolute atomic E-state index is 12.1. The van der Waals surface area contributed by atoms with E-state index in [1.807, 2.05) is 0 Å². The van der Waals surface area contributed by atoms with E-state index in [0.29, 0.717) is 12.1 Å². The first kappa shape index (κ1) is 18.8. The molecule has 134 valence electrons. The Morgan fingerprint density at radius 1 is 1.33 bits per heavy atom. The standard InChI is InChI=1S/C16H25N3O4S/c1-14-6-10-18(11-7-14)9-3-8-17-24(22,23)13-15-4-2-5-16(12-15)19(20)21/h2,4-5,12,14,17H,3,6-11,13H2,1H3. The summed E-state index contributed by atoms with van der Waals surface area (Å²) in [5.74, 6) is 0.547. The van der Waals surface area contributed by atoms with Crippen LogP contribution in [0.1, 0.15) is 31.7 Å². The summed E-state index contributed by atoms with van der Waals surface area (Å²) < 4.78 is 26.7. The zero-order chi connectivity index (χ0) is 17.6. The second-order valence-corrected chi connectivity index (χ2v) is 8.26. The van der Waals surface area contributed by atoms with Crippen LogP contribution >= 0.6 is 0 Å². The molecule has 1 N–H and O–H groups in total. The maximum atomic E-state index is 12.1. The molecule has 1 heterocycles. The number of nitrogens with zero attached hydrogens (tertiary/aromatic N) is 2. The monoisotopic (exact) mass is 355 g/mol. The Labute approximate surface area is 143 Å². The average Bonchev–Trinajstić information content (AvgIpc) is 2.53. The topological polar surface area (TPSA) is 92.6 Å². The molecule has 2 rings (SSSR count). The molecule has 1 aliphatic rings. The summed E-state index contributed by atoms with van der Waals surface area (Å²) in [4.78, 5) is 12.6. The van der Waals surface area contributed by atoms with Crippen molar-refractivity contribution in [3.63, 3.8) is 0 Å². The molecule has 0 radical (unpaired) electrons. The third-order valence-corrected chi connectivity index (χ3v) is 5.68. The van der Waals surface area contributed by atoms with Crippen LogP contribution in [-0.2, 0) is 15.8 Å². The number of nitrogens with one attached hydrogen (secondary N) is 1. The summed E-state index contributed by atoms with van der Waals surface area (Å²) in [7, 11) is -3.48. The number of likely N-dealkylation sites (tertiary alicyclic amines) is 1. The molecule has 0 unspecified atom stereocenters. The summed E-state index contributed by atoms with van der Waals surface area (Å²) >= 11 is 0. The summed E-state index contributed by atoms with van der Waals surface area (Å²) in [6.45, 7) is 5.72. The first-order valence-electron chi connectivity index (χ1n) is 8.29. The highest BCUT2D eigenvalue weighted by atomic mass is 32.2. The Morgan fingerprint density at radius 3 is 2.71 bits per heavy atom. The van der Waals surface area contributed by atoms with Crippen molar-refractivity contribution in [2.24, 2.45) is 5.92 Å². The van der Waals surface area contributed by atoms with Crippen LogP contribution in [0, 0.1) is 16.0 Å². The largest absolute Gasteiger partial charge is 0.303 e. The van der Waals surface area contributed by atoms with Crippen molar-refractivity contribution >= 4 is 15.7 Å². The molecule has 0 spiro atoms. The number of benzene rings is 1. The van der Waals surface area contributed by atoms with Gasteiger partial charge in [0.15, 0.2) is 0 Å².